The largest absolute Gasteiger partial charge is 0.331 e. The monoisotopic (exact) mass is 268 g/mol. The predicted octanol–water partition coefficient (Wildman–Crippen LogP) is 2.40. The van der Waals surface area contributed by atoms with Crippen molar-refractivity contribution in [2.75, 3.05) is 19.0 Å². The van der Waals surface area contributed by atoms with Gasteiger partial charge in [-0.3, -0.25) is 4.79 Å². The van der Waals surface area contributed by atoms with E-state index in [1.807, 2.05) is 0 Å². The van der Waals surface area contributed by atoms with Crippen molar-refractivity contribution in [1.29, 1.82) is 0 Å². The molecule has 3 nitrogen and oxygen atoms in total. The van der Waals surface area contributed by atoms with Crippen LogP contribution in [0.5, 0.6) is 0 Å². The number of carbonyl (C=O) groups is 1. The molecule has 1 aromatic rings. The van der Waals surface area contributed by atoms with Crippen molar-refractivity contribution in [3.8, 4) is 0 Å². The summed E-state index contributed by atoms with van der Waals surface area (Å²) in [6, 6.07) is 0. The molecule has 1 heterocycles. The molecule has 16 heavy (non-hydrogen) atoms. The van der Waals surface area contributed by atoms with Crippen LogP contribution >= 0.6 is 22.9 Å². The van der Waals surface area contributed by atoms with Crippen molar-refractivity contribution in [2.24, 2.45) is 0 Å². The first-order valence-electron chi connectivity index (χ1n) is 4.59. The predicted molar refractivity (Wildman–Crippen MR) is 59.5 cm³/mol. The molecule has 0 unspecified atom stereocenters. The Kier molecular flexibility index (Phi) is 5.08. The van der Waals surface area contributed by atoms with Crippen molar-refractivity contribution < 1.29 is 13.6 Å². The summed E-state index contributed by atoms with van der Waals surface area (Å²) in [6.45, 7) is 1.19. The van der Waals surface area contributed by atoms with Crippen LogP contribution in [0, 0.1) is 6.92 Å². The van der Waals surface area contributed by atoms with E-state index in [4.69, 9.17) is 11.6 Å². The maximum atomic E-state index is 12.3. The van der Waals surface area contributed by atoms with E-state index in [2.05, 4.69) is 4.98 Å². The first kappa shape index (κ1) is 13.3. The zero-order chi connectivity index (χ0) is 12.1. The molecule has 90 valence electrons. The number of amides is 1. The first-order valence-corrected chi connectivity index (χ1v) is 6.01. The molecule has 0 saturated heterocycles. The summed E-state index contributed by atoms with van der Waals surface area (Å²) < 4.78 is 24.5. The van der Waals surface area contributed by atoms with Crippen LogP contribution in [0.4, 0.5) is 8.78 Å². The van der Waals surface area contributed by atoms with Gasteiger partial charge >= 0.3 is 0 Å². The summed E-state index contributed by atoms with van der Waals surface area (Å²) in [5.74, 6) is -0.294. The van der Waals surface area contributed by atoms with E-state index in [9.17, 15) is 13.6 Å². The topological polar surface area (TPSA) is 33.2 Å². The van der Waals surface area contributed by atoms with Crippen LogP contribution in [0.2, 0.25) is 0 Å². The lowest BCUT2D eigenvalue weighted by molar-refractivity contribution is 0.0574. The molecular weight excluding hydrogens is 258 g/mol. The molecule has 7 heteroatoms. The zero-order valence-corrected chi connectivity index (χ0v) is 10.2. The Morgan fingerprint density at radius 2 is 2.38 bits per heavy atom. The van der Waals surface area contributed by atoms with Crippen LogP contribution in [0.3, 0.4) is 0 Å². The number of nitrogens with zero attached hydrogens (tertiary/aromatic N) is 2. The highest BCUT2D eigenvalue weighted by Gasteiger charge is 2.21. The fourth-order valence-corrected chi connectivity index (χ4v) is 2.17. The van der Waals surface area contributed by atoms with E-state index in [0.29, 0.717) is 10.6 Å². The Balaban J connectivity index is 2.78. The van der Waals surface area contributed by atoms with E-state index < -0.39 is 18.9 Å². The average Bonchev–Trinajstić information content (AvgIpc) is 2.62. The molecule has 0 aliphatic heterocycles. The van der Waals surface area contributed by atoms with E-state index >= 15 is 0 Å². The molecule has 0 aliphatic carbocycles. The van der Waals surface area contributed by atoms with E-state index in [0.717, 1.165) is 16.2 Å². The molecule has 0 saturated carbocycles. The Bertz CT molecular complexity index is 359. The number of hydrogen-bond acceptors (Lipinski definition) is 3. The molecule has 1 amide bonds. The quantitative estimate of drug-likeness (QED) is 0.769. The van der Waals surface area contributed by atoms with Gasteiger partial charge in [0.2, 0.25) is 0 Å². The summed E-state index contributed by atoms with van der Waals surface area (Å²) in [5, 5.41) is 0. The highest BCUT2D eigenvalue weighted by Crippen LogP contribution is 2.15. The molecule has 0 aliphatic rings. The van der Waals surface area contributed by atoms with Crippen molar-refractivity contribution in [3.05, 3.63) is 16.1 Å². The van der Waals surface area contributed by atoms with Gasteiger partial charge in [-0.05, 0) is 6.92 Å². The number of thiazole rings is 1. The van der Waals surface area contributed by atoms with Crippen LogP contribution < -0.4 is 0 Å². The van der Waals surface area contributed by atoms with Gasteiger partial charge in [-0.1, -0.05) is 0 Å². The van der Waals surface area contributed by atoms with E-state index in [1.165, 1.54) is 5.51 Å². The molecule has 0 fully saturated rings. The minimum Gasteiger partial charge on any atom is -0.331 e. The lowest BCUT2D eigenvalue weighted by atomic mass is 10.3. The number of aromatic nitrogens is 1. The second kappa shape index (κ2) is 6.10. The lowest BCUT2D eigenvalue weighted by Crippen LogP contribution is -2.36. The van der Waals surface area contributed by atoms with Crippen molar-refractivity contribution in [2.45, 2.75) is 13.3 Å². The minimum atomic E-state index is -2.56. The molecular formula is C9H11ClF2N2OS. The average molecular weight is 269 g/mol. The third kappa shape index (κ3) is 3.38. The summed E-state index contributed by atoms with van der Waals surface area (Å²) >= 11 is 6.62. The Hall–Kier alpha value is -0.750. The molecule has 0 radical (unpaired) electrons. The van der Waals surface area contributed by atoms with Gasteiger partial charge in [-0.25, -0.2) is 13.8 Å². The van der Waals surface area contributed by atoms with Gasteiger partial charge in [0, 0.05) is 12.4 Å². The number of halogens is 3. The standard InChI is InChI=1S/C9H11ClF2N2OS/c1-6-8(16-5-13-6)9(15)14(3-2-10)4-7(11)12/h5,7H,2-4H2,1H3. The molecule has 0 N–H and O–H groups in total. The second-order valence-corrected chi connectivity index (χ2v) is 4.33. The normalized spacial score (nSPS) is 10.8. The highest BCUT2D eigenvalue weighted by molar-refractivity contribution is 7.11. The summed E-state index contributed by atoms with van der Waals surface area (Å²) in [6.07, 6.45) is -2.56. The van der Waals surface area contributed by atoms with Gasteiger partial charge in [0.25, 0.3) is 12.3 Å². The number of aryl methyl sites for hydroxylation is 1. The molecule has 1 aromatic heterocycles. The fraction of sp³-hybridized carbons (Fsp3) is 0.556. The van der Waals surface area contributed by atoms with Gasteiger partial charge in [0.05, 0.1) is 17.7 Å². The maximum absolute atomic E-state index is 12.3. The van der Waals surface area contributed by atoms with Gasteiger partial charge in [-0.15, -0.1) is 22.9 Å². The van der Waals surface area contributed by atoms with Crippen molar-refractivity contribution in [1.82, 2.24) is 9.88 Å². The highest BCUT2D eigenvalue weighted by atomic mass is 35.5. The van der Waals surface area contributed by atoms with Gasteiger partial charge in [-0.2, -0.15) is 0 Å². The SMILES string of the molecule is Cc1ncsc1C(=O)N(CCCl)CC(F)F. The van der Waals surface area contributed by atoms with Crippen molar-refractivity contribution >= 4 is 28.8 Å². The van der Waals surface area contributed by atoms with E-state index in [-0.39, 0.29) is 12.4 Å². The molecule has 0 aromatic carbocycles. The zero-order valence-electron chi connectivity index (χ0n) is 8.62. The molecule has 0 atom stereocenters. The molecule has 0 bridgehead atoms. The van der Waals surface area contributed by atoms with Gasteiger partial charge in [0.1, 0.15) is 4.88 Å². The Morgan fingerprint density at radius 1 is 1.69 bits per heavy atom. The fourth-order valence-electron chi connectivity index (χ4n) is 1.20. The maximum Gasteiger partial charge on any atom is 0.266 e. The van der Waals surface area contributed by atoms with Gasteiger partial charge < -0.3 is 4.90 Å². The van der Waals surface area contributed by atoms with Gasteiger partial charge in [0.15, 0.2) is 0 Å². The van der Waals surface area contributed by atoms with Crippen LogP contribution in [0.1, 0.15) is 15.4 Å². The lowest BCUT2D eigenvalue weighted by Gasteiger charge is -2.20. The smallest absolute Gasteiger partial charge is 0.266 e. The Labute approximate surface area is 101 Å². The van der Waals surface area contributed by atoms with Crippen molar-refractivity contribution in [3.63, 3.8) is 0 Å². The summed E-state index contributed by atoms with van der Waals surface area (Å²) in [5.41, 5.74) is 2.08. The summed E-state index contributed by atoms with van der Waals surface area (Å²) in [4.78, 5) is 17.2. The third-order valence-electron chi connectivity index (χ3n) is 1.94. The minimum absolute atomic E-state index is 0.113. The van der Waals surface area contributed by atoms with Crippen LogP contribution in [-0.4, -0.2) is 41.2 Å². The Morgan fingerprint density at radius 3 is 2.81 bits per heavy atom. The van der Waals surface area contributed by atoms with Crippen LogP contribution in [0.15, 0.2) is 5.51 Å². The first-order chi connectivity index (χ1) is 7.56. The van der Waals surface area contributed by atoms with Crippen LogP contribution in [-0.2, 0) is 0 Å². The van der Waals surface area contributed by atoms with E-state index in [1.54, 1.807) is 6.92 Å². The molecule has 1 rings (SSSR count). The number of hydrogen-bond donors (Lipinski definition) is 0. The number of alkyl halides is 3. The summed E-state index contributed by atoms with van der Waals surface area (Å²) in [7, 11) is 0. The second-order valence-electron chi connectivity index (χ2n) is 3.10. The van der Waals surface area contributed by atoms with Crippen LogP contribution in [0.25, 0.3) is 0 Å². The molecule has 0 spiro atoms. The number of carbonyl (C=O) groups excluding carboxylic acids is 1. The number of rotatable bonds is 5. The third-order valence-corrected chi connectivity index (χ3v) is 3.03.